The molecule has 0 radical (unpaired) electrons. The summed E-state index contributed by atoms with van der Waals surface area (Å²) in [5.74, 6) is 17.7. The minimum absolute atomic E-state index is 0.00662. The number of anilines is 4. The van der Waals surface area contributed by atoms with Crippen molar-refractivity contribution in [3.63, 3.8) is 0 Å². The molecule has 4 saturated carbocycles. The Morgan fingerprint density at radius 2 is 0.743 bits per heavy atom. The highest BCUT2D eigenvalue weighted by Crippen LogP contribution is 2.68. The Bertz CT molecular complexity index is 7820. The molecule has 136 heavy (non-hydrogen) atoms. The molecule has 13 aliphatic rings. The number of Topliss-reactive ketones (excluding diaryl/α,β-unsaturated/α-hetero) is 1. The van der Waals surface area contributed by atoms with E-state index in [0.29, 0.717) is 86.0 Å². The van der Waals surface area contributed by atoms with Crippen LogP contribution in [0, 0.1) is 6.92 Å². The first-order valence-electron chi connectivity index (χ1n) is 46.7. The highest BCUT2D eigenvalue weighted by Gasteiger charge is 2.64. The third kappa shape index (κ3) is 14.1. The number of aryl methyl sites for hydroxylation is 4. The molecule has 4 fully saturated rings. The summed E-state index contributed by atoms with van der Waals surface area (Å²) in [6.45, 7) is 10.3. The van der Waals surface area contributed by atoms with Crippen LogP contribution < -0.4 is 59.2 Å². The molecule has 5 aliphatic carbocycles. The van der Waals surface area contributed by atoms with Crippen molar-refractivity contribution in [2.45, 2.75) is 182 Å². The first kappa shape index (κ1) is 81.0. The number of imidazole rings is 4. The van der Waals surface area contributed by atoms with Crippen molar-refractivity contribution in [2.24, 2.45) is 7.05 Å². The van der Waals surface area contributed by atoms with Gasteiger partial charge in [-0.2, -0.15) is 0 Å². The lowest BCUT2D eigenvalue weighted by Gasteiger charge is -2.19. The van der Waals surface area contributed by atoms with E-state index in [2.05, 4.69) is 162 Å². The molecule has 0 saturated heterocycles. The maximum Gasteiger partial charge on any atom is 0.225 e. The molecular formula is C107H90N16O13. The van der Waals surface area contributed by atoms with Crippen LogP contribution in [0.4, 0.5) is 23.3 Å². The minimum Gasteiger partial charge on any atom is -0.489 e. The molecule has 676 valence electrons. The molecular weight excluding hydrogens is 1720 g/mol. The van der Waals surface area contributed by atoms with Gasteiger partial charge in [-0.25, -0.2) is 39.9 Å². The van der Waals surface area contributed by atoms with Crippen LogP contribution in [0.3, 0.4) is 0 Å². The van der Waals surface area contributed by atoms with Gasteiger partial charge in [-0.15, -0.1) is 0 Å². The average Bonchev–Trinajstić information content (AvgIpc) is 1.56. The zero-order valence-electron chi connectivity index (χ0n) is 74.9. The molecule has 12 atom stereocenters. The number of amides is 4. The van der Waals surface area contributed by atoms with E-state index in [9.17, 15) is 24.0 Å². The van der Waals surface area contributed by atoms with E-state index in [1.54, 1.807) is 31.7 Å². The number of hydrogen-bond acceptors (Lipinski definition) is 21. The molecule has 29 nitrogen and oxygen atoms in total. The van der Waals surface area contributed by atoms with Gasteiger partial charge in [0, 0.05) is 131 Å². The lowest BCUT2D eigenvalue weighted by Crippen LogP contribution is -2.20. The van der Waals surface area contributed by atoms with Crippen molar-refractivity contribution >= 4 is 96.8 Å². The molecule has 7 N–H and O–H groups in total. The van der Waals surface area contributed by atoms with Gasteiger partial charge in [-0.3, -0.25) is 24.0 Å². The van der Waals surface area contributed by atoms with Gasteiger partial charge in [0.1, 0.15) is 140 Å². The van der Waals surface area contributed by atoms with Crippen molar-refractivity contribution in [3.8, 4) is 69.0 Å². The van der Waals surface area contributed by atoms with Gasteiger partial charge in [0.25, 0.3) is 0 Å². The Hall–Kier alpha value is -15.8. The number of pyridine rings is 4. The van der Waals surface area contributed by atoms with E-state index in [4.69, 9.17) is 57.8 Å². The average molecular weight is 1810 g/mol. The van der Waals surface area contributed by atoms with Crippen LogP contribution in [0.2, 0.25) is 0 Å². The van der Waals surface area contributed by atoms with Crippen LogP contribution in [0.25, 0.3) is 44.1 Å². The molecule has 8 aromatic carbocycles. The maximum absolute atomic E-state index is 11.7. The molecule has 16 heterocycles. The fourth-order valence-corrected chi connectivity index (χ4v) is 21.8. The first-order chi connectivity index (χ1) is 66.2. The first-order valence-corrected chi connectivity index (χ1v) is 46.7. The quantitative estimate of drug-likeness (QED) is 0.0527. The fourth-order valence-electron chi connectivity index (χ4n) is 21.8. The summed E-state index contributed by atoms with van der Waals surface area (Å²) in [5.41, 5.74) is 22.6. The zero-order valence-corrected chi connectivity index (χ0v) is 74.9. The number of ketones is 1. The smallest absolute Gasteiger partial charge is 0.225 e. The van der Waals surface area contributed by atoms with Gasteiger partial charge in [0.05, 0.1) is 67.8 Å². The van der Waals surface area contributed by atoms with Crippen LogP contribution in [0.15, 0.2) is 189 Å². The van der Waals surface area contributed by atoms with Gasteiger partial charge in [-0.1, -0.05) is 32.9 Å². The standard InChI is InChI=1S/C28H26N4O3.C27H22N4O3.C26H20N4O4.C26H22N4O3/c1-28(2,3)14-4-7-18-19(12-14)31-27(30-18)24-23-17-13-15(5-8-20(17)35-25(23)24)34-21-10-11-29-26-16(21)6-9-22(33)32-26;32-22-7-5-16-21(8-9-28-26(16)31-22)33-15-4-6-20-17(12-15)23-24(25(23)34-20)27-29-18-10-13-2-1-3-14(13)11-19(18)30-27;1-12(31)13-2-5-17-18(10-13)29-26(28-17)23-22-16-11-14(3-6-19(16)34-24(22)23)33-20-8-9-27-25-15(20)4-7-21(32)30-25;1-13-3-6-17-18(11-13)30(2)26(28-17)23-22-16-12-14(4-7-19(16)33-24(22)23)32-20-9-10-27-25-15(20)5-8-21(31)29-25/h4-5,7-8,10-13,23-25H,6,9H2,1-3H3,(H,30,31)(H,29,32,33);4,6,8-12,23-25H,1-3,5,7H2,(H,29,30)(H,28,31,32);2-3,5-6,8-11,22-24H,4,7H2,1H3,(H,28,29)(H,27,30,32);3-4,6-7,9-12,22-24H,5,8H2,1-2H3,(H,27,29,31). The van der Waals surface area contributed by atoms with Gasteiger partial charge in [-0.05, 0) is 238 Å². The zero-order chi connectivity index (χ0) is 91.5. The van der Waals surface area contributed by atoms with Crippen LogP contribution in [0.1, 0.15) is 208 Å². The number of carbonyl (C=O) groups excluding carboxylic acids is 5. The van der Waals surface area contributed by atoms with E-state index >= 15 is 0 Å². The number of H-pyrrole nitrogens is 3. The molecule has 0 spiro atoms. The highest BCUT2D eigenvalue weighted by atomic mass is 16.5. The lowest BCUT2D eigenvalue weighted by molar-refractivity contribution is -0.117. The number of nitrogens with one attached hydrogen (secondary N) is 7. The lowest BCUT2D eigenvalue weighted by atomic mass is 9.87. The molecule has 0 bridgehead atoms. The van der Waals surface area contributed by atoms with Crippen molar-refractivity contribution in [1.29, 1.82) is 0 Å². The number of aromatic nitrogens is 12. The second-order valence-electron chi connectivity index (χ2n) is 38.6. The maximum atomic E-state index is 11.7. The van der Waals surface area contributed by atoms with Gasteiger partial charge < -0.3 is 78.7 Å². The van der Waals surface area contributed by atoms with Gasteiger partial charge in [0.15, 0.2) is 5.78 Å². The molecule has 29 heteroatoms. The predicted molar refractivity (Wildman–Crippen MR) is 505 cm³/mol. The van der Waals surface area contributed by atoms with Crippen molar-refractivity contribution in [1.82, 2.24) is 59.4 Å². The van der Waals surface area contributed by atoms with Crippen LogP contribution >= 0.6 is 0 Å². The van der Waals surface area contributed by atoms with E-state index < -0.39 is 0 Å². The van der Waals surface area contributed by atoms with E-state index in [-0.39, 0.29) is 107 Å². The normalized spacial score (nSPS) is 22.4. The summed E-state index contributed by atoms with van der Waals surface area (Å²) in [6, 6.07) is 54.2. The van der Waals surface area contributed by atoms with E-state index in [1.807, 2.05) is 97.1 Å². The summed E-state index contributed by atoms with van der Waals surface area (Å²) in [6.07, 6.45) is 14.8. The Balaban J connectivity index is 0.0000000941. The topological polar surface area (TPSA) is 363 Å². The monoisotopic (exact) mass is 1810 g/mol. The second-order valence-corrected chi connectivity index (χ2v) is 38.6. The number of ether oxygens (including phenoxy) is 8. The van der Waals surface area contributed by atoms with Crippen molar-refractivity contribution in [2.75, 3.05) is 21.3 Å². The number of fused-ring (bicyclic) bond motifs is 21. The second kappa shape index (κ2) is 30.9. The fraction of sp³-hybridized carbons (Fsp3) is 0.280. The number of benzene rings is 8. The van der Waals surface area contributed by atoms with Crippen LogP contribution in [-0.2, 0) is 70.2 Å². The van der Waals surface area contributed by atoms with Crippen molar-refractivity contribution in [3.05, 3.63) is 284 Å². The SMILES string of the molecule is CC(=O)c1ccc2nc(C3C4Oc5ccc(Oc6ccnc7c6CCC(=O)N7)cc5C43)[nH]c2c1.CC(C)(C)c1ccc2nc(C3C4Oc5ccc(Oc6ccnc7c6CCC(=O)N7)cc5C43)[nH]c2c1.Cc1ccc2nc(C3C4Oc5ccc(Oc6ccnc7c6CCC(=O)N7)cc5C43)n(C)c2c1.O=C1CCc2c(Oc3ccc4c(c3)C3C(O4)C3c3nc4cc5c(cc4[nH]3)CCC5)ccnc2N1. The van der Waals surface area contributed by atoms with Gasteiger partial charge in [0.2, 0.25) is 23.6 Å². The Labute approximate surface area is 777 Å². The highest BCUT2D eigenvalue weighted by molar-refractivity contribution is 5.98. The summed E-state index contributed by atoms with van der Waals surface area (Å²) in [5, 5.41) is 11.3. The molecule has 8 aromatic heterocycles. The Morgan fingerprint density at radius 3 is 1.15 bits per heavy atom. The minimum atomic E-state index is -0.0271. The summed E-state index contributed by atoms with van der Waals surface area (Å²) in [7, 11) is 2.09. The number of hydrogen-bond donors (Lipinski definition) is 7. The Kier molecular flexibility index (Phi) is 18.4. The summed E-state index contributed by atoms with van der Waals surface area (Å²) < 4.78 is 52.2. The Morgan fingerprint density at radius 1 is 0.375 bits per heavy atom. The molecule has 16 aromatic rings. The molecule has 8 aliphatic heterocycles. The number of carbonyl (C=O) groups is 5. The third-order valence-corrected chi connectivity index (χ3v) is 28.9. The van der Waals surface area contributed by atoms with E-state index in [0.717, 1.165) is 170 Å². The number of rotatable bonds is 13. The molecule has 4 amide bonds. The van der Waals surface area contributed by atoms with Crippen LogP contribution in [0.5, 0.6) is 69.0 Å². The summed E-state index contributed by atoms with van der Waals surface area (Å²) in [4.78, 5) is 106. The molecule has 29 rings (SSSR count). The number of aromatic amines is 3. The van der Waals surface area contributed by atoms with Gasteiger partial charge >= 0.3 is 0 Å². The van der Waals surface area contributed by atoms with Crippen LogP contribution in [-0.4, -0.2) is 113 Å². The number of nitrogens with zero attached hydrogens (tertiary/aromatic N) is 9. The largest absolute Gasteiger partial charge is 0.489 e. The summed E-state index contributed by atoms with van der Waals surface area (Å²) >= 11 is 0. The predicted octanol–water partition coefficient (Wildman–Crippen LogP) is 19.4. The van der Waals surface area contributed by atoms with Crippen molar-refractivity contribution < 1.29 is 61.9 Å². The molecule has 12 unspecified atom stereocenters. The third-order valence-electron chi connectivity index (χ3n) is 28.9. The van der Waals surface area contributed by atoms with E-state index in [1.165, 1.54) is 46.2 Å².